The summed E-state index contributed by atoms with van der Waals surface area (Å²) in [5.41, 5.74) is 0.277. The van der Waals surface area contributed by atoms with E-state index in [1.54, 1.807) is 0 Å². The molecule has 0 bridgehead atoms. The molecular formula is C12H16N2O3S. The molecule has 1 saturated carbocycles. The van der Waals surface area contributed by atoms with E-state index in [4.69, 9.17) is 0 Å². The van der Waals surface area contributed by atoms with Gasteiger partial charge in [0.25, 0.3) is 5.91 Å². The molecule has 1 aromatic rings. The molecule has 1 aliphatic rings. The highest BCUT2D eigenvalue weighted by atomic mass is 32.1. The fraction of sp³-hybridized carbons (Fsp3) is 0.583. The maximum Gasteiger partial charge on any atom is 0.324 e. The summed E-state index contributed by atoms with van der Waals surface area (Å²) in [5, 5.41) is 13.5. The van der Waals surface area contributed by atoms with E-state index >= 15 is 0 Å². The van der Waals surface area contributed by atoms with Gasteiger partial charge in [-0.1, -0.05) is 25.2 Å². The Bertz CT molecular complexity index is 481. The summed E-state index contributed by atoms with van der Waals surface area (Å²) < 4.78 is 0. The number of carbonyl (C=O) groups is 1. The average Bonchev–Trinajstić information content (AvgIpc) is 2.85. The third kappa shape index (κ3) is 2.87. The molecule has 0 saturated heterocycles. The number of nitrogens with one attached hydrogen (secondary N) is 1. The van der Waals surface area contributed by atoms with Gasteiger partial charge in [0.1, 0.15) is 0 Å². The average molecular weight is 268 g/mol. The molecule has 5 nitrogen and oxygen atoms in total. The second-order valence-electron chi connectivity index (χ2n) is 5.47. The summed E-state index contributed by atoms with van der Waals surface area (Å²) in [5.74, 6) is -0.198. The van der Waals surface area contributed by atoms with E-state index < -0.39 is 4.92 Å². The lowest BCUT2D eigenvalue weighted by atomic mass is 9.92. The van der Waals surface area contributed by atoms with Gasteiger partial charge >= 0.3 is 5.00 Å². The van der Waals surface area contributed by atoms with Crippen molar-refractivity contribution >= 4 is 22.2 Å². The van der Waals surface area contributed by atoms with Crippen molar-refractivity contribution in [1.29, 1.82) is 0 Å². The lowest BCUT2D eigenvalue weighted by Gasteiger charge is -2.17. The molecule has 0 radical (unpaired) electrons. The van der Waals surface area contributed by atoms with Gasteiger partial charge in [-0.25, -0.2) is 0 Å². The summed E-state index contributed by atoms with van der Waals surface area (Å²) >= 11 is 0.921. The summed E-state index contributed by atoms with van der Waals surface area (Å²) in [6.45, 7) is 4.38. The van der Waals surface area contributed by atoms with Crippen molar-refractivity contribution in [3.05, 3.63) is 27.1 Å². The van der Waals surface area contributed by atoms with Gasteiger partial charge in [-0.05, 0) is 30.7 Å². The van der Waals surface area contributed by atoms with Crippen LogP contribution in [0.25, 0.3) is 0 Å². The first-order chi connectivity index (χ1) is 8.37. The predicted molar refractivity (Wildman–Crippen MR) is 69.9 cm³/mol. The third-order valence-corrected chi connectivity index (χ3v) is 4.34. The van der Waals surface area contributed by atoms with E-state index in [2.05, 4.69) is 19.2 Å². The zero-order valence-corrected chi connectivity index (χ0v) is 11.3. The SMILES string of the molecule is CC1(C)CCC(NC(=O)c2ccc([N+](=O)[O-])s2)C1. The molecule has 0 aromatic carbocycles. The van der Waals surface area contributed by atoms with E-state index in [1.165, 1.54) is 12.1 Å². The lowest BCUT2D eigenvalue weighted by Crippen LogP contribution is -2.32. The fourth-order valence-electron chi connectivity index (χ4n) is 2.36. The van der Waals surface area contributed by atoms with Crippen LogP contribution < -0.4 is 5.32 Å². The van der Waals surface area contributed by atoms with E-state index in [9.17, 15) is 14.9 Å². The Hall–Kier alpha value is -1.43. The Morgan fingerprint density at radius 2 is 2.28 bits per heavy atom. The largest absolute Gasteiger partial charge is 0.349 e. The molecule has 2 rings (SSSR count). The fourth-order valence-corrected chi connectivity index (χ4v) is 3.09. The molecule has 1 aliphatic carbocycles. The van der Waals surface area contributed by atoms with Crippen LogP contribution in [-0.2, 0) is 0 Å². The van der Waals surface area contributed by atoms with Crippen LogP contribution in [0.4, 0.5) is 5.00 Å². The molecule has 1 aromatic heterocycles. The zero-order valence-electron chi connectivity index (χ0n) is 10.4. The predicted octanol–water partition coefficient (Wildman–Crippen LogP) is 2.96. The van der Waals surface area contributed by atoms with Crippen LogP contribution in [0, 0.1) is 15.5 Å². The molecule has 1 N–H and O–H groups in total. The van der Waals surface area contributed by atoms with Crippen molar-refractivity contribution in [1.82, 2.24) is 5.32 Å². The molecule has 0 aliphatic heterocycles. The Morgan fingerprint density at radius 1 is 1.56 bits per heavy atom. The summed E-state index contributed by atoms with van der Waals surface area (Å²) in [4.78, 5) is 22.4. The first kappa shape index (κ1) is 13.0. The molecular weight excluding hydrogens is 252 g/mol. The van der Waals surface area contributed by atoms with Crippen molar-refractivity contribution in [2.24, 2.45) is 5.41 Å². The minimum Gasteiger partial charge on any atom is -0.349 e. The molecule has 18 heavy (non-hydrogen) atoms. The normalized spacial score (nSPS) is 21.8. The molecule has 1 unspecified atom stereocenters. The van der Waals surface area contributed by atoms with Crippen LogP contribution in [0.2, 0.25) is 0 Å². The van der Waals surface area contributed by atoms with Crippen LogP contribution >= 0.6 is 11.3 Å². The van der Waals surface area contributed by atoms with E-state index in [-0.39, 0.29) is 22.4 Å². The maximum atomic E-state index is 11.9. The van der Waals surface area contributed by atoms with Gasteiger partial charge in [-0.3, -0.25) is 14.9 Å². The number of hydrogen-bond donors (Lipinski definition) is 1. The van der Waals surface area contributed by atoms with Gasteiger partial charge in [0.05, 0.1) is 9.80 Å². The van der Waals surface area contributed by atoms with Gasteiger partial charge in [-0.15, -0.1) is 0 Å². The second-order valence-corrected chi connectivity index (χ2v) is 6.53. The van der Waals surface area contributed by atoms with Crippen molar-refractivity contribution in [2.45, 2.75) is 39.2 Å². The van der Waals surface area contributed by atoms with Crippen molar-refractivity contribution in [3.63, 3.8) is 0 Å². The van der Waals surface area contributed by atoms with Crippen LogP contribution in [0.15, 0.2) is 12.1 Å². The Labute approximate surface area is 109 Å². The highest BCUT2D eigenvalue weighted by Crippen LogP contribution is 2.37. The Morgan fingerprint density at radius 3 is 2.78 bits per heavy atom. The third-order valence-electron chi connectivity index (χ3n) is 3.30. The van der Waals surface area contributed by atoms with Gasteiger partial charge in [0.15, 0.2) is 0 Å². The van der Waals surface area contributed by atoms with Crippen molar-refractivity contribution in [3.8, 4) is 0 Å². The first-order valence-corrected chi connectivity index (χ1v) is 6.74. The quantitative estimate of drug-likeness (QED) is 0.676. The number of amides is 1. The number of nitro groups is 1. The molecule has 6 heteroatoms. The summed E-state index contributed by atoms with van der Waals surface area (Å²) in [6, 6.07) is 3.07. The van der Waals surface area contributed by atoms with E-state index in [0.29, 0.717) is 4.88 Å². The van der Waals surface area contributed by atoms with E-state index in [1.807, 2.05) is 0 Å². The van der Waals surface area contributed by atoms with Crippen molar-refractivity contribution in [2.75, 3.05) is 0 Å². The zero-order chi connectivity index (χ0) is 13.3. The smallest absolute Gasteiger partial charge is 0.324 e. The second kappa shape index (κ2) is 4.68. The Balaban J connectivity index is 1.97. The number of carbonyl (C=O) groups excluding carboxylic acids is 1. The van der Waals surface area contributed by atoms with Crippen LogP contribution in [0.1, 0.15) is 42.8 Å². The molecule has 1 atom stereocenters. The minimum absolute atomic E-state index is 0.00639. The number of rotatable bonds is 3. The van der Waals surface area contributed by atoms with Crippen LogP contribution in [0.5, 0.6) is 0 Å². The van der Waals surface area contributed by atoms with Crippen LogP contribution in [-0.4, -0.2) is 16.9 Å². The van der Waals surface area contributed by atoms with Gasteiger partial charge < -0.3 is 5.32 Å². The van der Waals surface area contributed by atoms with Gasteiger partial charge in [0, 0.05) is 12.1 Å². The topological polar surface area (TPSA) is 72.2 Å². The molecule has 1 amide bonds. The first-order valence-electron chi connectivity index (χ1n) is 5.92. The number of hydrogen-bond acceptors (Lipinski definition) is 4. The van der Waals surface area contributed by atoms with Crippen molar-refractivity contribution < 1.29 is 9.72 Å². The molecule has 1 heterocycles. The Kier molecular flexibility index (Phi) is 3.38. The summed E-state index contributed by atoms with van der Waals surface area (Å²) in [6.07, 6.45) is 3.04. The minimum atomic E-state index is -0.472. The highest BCUT2D eigenvalue weighted by molar-refractivity contribution is 7.17. The van der Waals surface area contributed by atoms with Gasteiger partial charge in [-0.2, -0.15) is 0 Å². The van der Waals surface area contributed by atoms with Gasteiger partial charge in [0.2, 0.25) is 0 Å². The highest BCUT2D eigenvalue weighted by Gasteiger charge is 2.32. The molecule has 1 fully saturated rings. The standard InChI is InChI=1S/C12H16N2O3S/c1-12(2)6-5-8(7-12)13-11(15)9-3-4-10(18-9)14(16)17/h3-4,8H,5-7H2,1-2H3,(H,13,15). The lowest BCUT2D eigenvalue weighted by molar-refractivity contribution is -0.380. The molecule has 98 valence electrons. The van der Waals surface area contributed by atoms with Crippen LogP contribution in [0.3, 0.4) is 0 Å². The number of nitrogens with zero attached hydrogens (tertiary/aromatic N) is 1. The maximum absolute atomic E-state index is 11.9. The summed E-state index contributed by atoms with van der Waals surface area (Å²) in [7, 11) is 0. The monoisotopic (exact) mass is 268 g/mol. The van der Waals surface area contributed by atoms with E-state index in [0.717, 1.165) is 30.6 Å². The molecule has 0 spiro atoms. The number of thiophene rings is 1.